The van der Waals surface area contributed by atoms with E-state index >= 15 is 0 Å². The fourth-order valence-corrected chi connectivity index (χ4v) is 1.80. The first kappa shape index (κ1) is 11.0. The van der Waals surface area contributed by atoms with E-state index in [0.29, 0.717) is 13.2 Å². The molecule has 16 heavy (non-hydrogen) atoms. The Morgan fingerprint density at radius 1 is 1.44 bits per heavy atom. The number of hydrogen-bond donors (Lipinski definition) is 0. The van der Waals surface area contributed by atoms with Gasteiger partial charge in [0.05, 0.1) is 20.3 Å². The predicted molar refractivity (Wildman–Crippen MR) is 60.4 cm³/mol. The third kappa shape index (κ3) is 2.33. The molecular weight excluding hydrogens is 206 g/mol. The summed E-state index contributed by atoms with van der Waals surface area (Å²) in [6, 6.07) is 10.00. The normalized spacial score (nSPS) is 20.6. The van der Waals surface area contributed by atoms with Gasteiger partial charge in [0.2, 0.25) is 0 Å². The van der Waals surface area contributed by atoms with Crippen molar-refractivity contribution < 1.29 is 14.3 Å². The van der Waals surface area contributed by atoms with E-state index in [1.54, 1.807) is 0 Å². The van der Waals surface area contributed by atoms with Gasteiger partial charge in [-0.15, -0.1) is 0 Å². The number of rotatable bonds is 2. The molecular formula is C12H15NO3. The predicted octanol–water partition coefficient (Wildman–Crippen LogP) is 1.06. The zero-order chi connectivity index (χ0) is 11.4. The first-order chi connectivity index (χ1) is 7.81. The molecule has 1 heterocycles. The van der Waals surface area contributed by atoms with Crippen LogP contribution >= 0.6 is 0 Å². The number of esters is 1. The van der Waals surface area contributed by atoms with Gasteiger partial charge < -0.3 is 14.4 Å². The Morgan fingerprint density at radius 2 is 2.19 bits per heavy atom. The molecule has 0 spiro atoms. The van der Waals surface area contributed by atoms with E-state index in [2.05, 4.69) is 9.64 Å². The third-order valence-corrected chi connectivity index (χ3v) is 2.65. The van der Waals surface area contributed by atoms with Gasteiger partial charge in [-0.05, 0) is 12.1 Å². The van der Waals surface area contributed by atoms with Crippen molar-refractivity contribution in [2.24, 2.45) is 0 Å². The molecule has 0 bridgehead atoms. The molecule has 1 atom stereocenters. The van der Waals surface area contributed by atoms with Crippen LogP contribution < -0.4 is 4.90 Å². The van der Waals surface area contributed by atoms with Gasteiger partial charge in [-0.2, -0.15) is 0 Å². The van der Waals surface area contributed by atoms with Crippen LogP contribution in [0.2, 0.25) is 0 Å². The number of morpholine rings is 1. The summed E-state index contributed by atoms with van der Waals surface area (Å²) in [5, 5.41) is 0. The van der Waals surface area contributed by atoms with Gasteiger partial charge in [0, 0.05) is 12.2 Å². The molecule has 0 aromatic heterocycles. The summed E-state index contributed by atoms with van der Waals surface area (Å²) in [5.74, 6) is -0.305. The number of hydrogen-bond acceptors (Lipinski definition) is 4. The number of ether oxygens (including phenoxy) is 2. The van der Waals surface area contributed by atoms with E-state index < -0.39 is 6.10 Å². The van der Waals surface area contributed by atoms with E-state index in [0.717, 1.165) is 12.2 Å². The molecule has 2 rings (SSSR count). The maximum atomic E-state index is 11.4. The van der Waals surface area contributed by atoms with Crippen molar-refractivity contribution in [1.82, 2.24) is 0 Å². The summed E-state index contributed by atoms with van der Waals surface area (Å²) in [5.41, 5.74) is 1.11. The van der Waals surface area contributed by atoms with E-state index in [4.69, 9.17) is 4.74 Å². The number of carbonyl (C=O) groups excluding carboxylic acids is 1. The second kappa shape index (κ2) is 4.99. The van der Waals surface area contributed by atoms with Crippen LogP contribution in [-0.2, 0) is 14.3 Å². The first-order valence-corrected chi connectivity index (χ1v) is 5.30. The smallest absolute Gasteiger partial charge is 0.336 e. The zero-order valence-corrected chi connectivity index (χ0v) is 9.26. The van der Waals surface area contributed by atoms with Crippen LogP contribution in [-0.4, -0.2) is 38.9 Å². The Hall–Kier alpha value is -1.55. The molecule has 1 aliphatic heterocycles. The highest BCUT2D eigenvalue weighted by molar-refractivity contribution is 5.75. The zero-order valence-electron chi connectivity index (χ0n) is 9.26. The van der Waals surface area contributed by atoms with Crippen LogP contribution in [0.1, 0.15) is 0 Å². The number of nitrogens with zero attached hydrogens (tertiary/aromatic N) is 1. The minimum absolute atomic E-state index is 0.305. The minimum atomic E-state index is -0.473. The molecule has 0 saturated carbocycles. The molecule has 1 aromatic carbocycles. The molecule has 4 nitrogen and oxygen atoms in total. The van der Waals surface area contributed by atoms with E-state index in [1.807, 2.05) is 30.3 Å². The van der Waals surface area contributed by atoms with Crippen LogP contribution in [0.3, 0.4) is 0 Å². The summed E-state index contributed by atoms with van der Waals surface area (Å²) >= 11 is 0. The average molecular weight is 221 g/mol. The van der Waals surface area contributed by atoms with Gasteiger partial charge in [0.15, 0.2) is 6.10 Å². The highest BCUT2D eigenvalue weighted by Gasteiger charge is 2.27. The maximum absolute atomic E-state index is 11.4. The van der Waals surface area contributed by atoms with E-state index in [1.165, 1.54) is 7.11 Å². The molecule has 1 unspecified atom stereocenters. The van der Waals surface area contributed by atoms with Gasteiger partial charge in [-0.25, -0.2) is 4.79 Å². The Morgan fingerprint density at radius 3 is 2.88 bits per heavy atom. The average Bonchev–Trinajstić information content (AvgIpc) is 2.39. The van der Waals surface area contributed by atoms with Crippen molar-refractivity contribution in [2.75, 3.05) is 31.7 Å². The number of para-hydroxylation sites is 1. The van der Waals surface area contributed by atoms with Crippen LogP contribution in [0.15, 0.2) is 30.3 Å². The minimum Gasteiger partial charge on any atom is -0.467 e. The van der Waals surface area contributed by atoms with Crippen molar-refractivity contribution in [1.29, 1.82) is 0 Å². The lowest BCUT2D eigenvalue weighted by atomic mass is 10.2. The second-order valence-corrected chi connectivity index (χ2v) is 3.66. The molecule has 0 radical (unpaired) electrons. The fraction of sp³-hybridized carbons (Fsp3) is 0.417. The van der Waals surface area contributed by atoms with Crippen LogP contribution in [0.25, 0.3) is 0 Å². The quantitative estimate of drug-likeness (QED) is 0.700. The van der Waals surface area contributed by atoms with Crippen LogP contribution in [0.4, 0.5) is 5.69 Å². The lowest BCUT2D eigenvalue weighted by Crippen LogP contribution is -2.46. The van der Waals surface area contributed by atoms with E-state index in [9.17, 15) is 4.79 Å². The largest absolute Gasteiger partial charge is 0.467 e. The van der Waals surface area contributed by atoms with Crippen LogP contribution in [0.5, 0.6) is 0 Å². The molecule has 1 fully saturated rings. The van der Waals surface area contributed by atoms with E-state index in [-0.39, 0.29) is 5.97 Å². The van der Waals surface area contributed by atoms with Gasteiger partial charge in [0.1, 0.15) is 0 Å². The monoisotopic (exact) mass is 221 g/mol. The Balaban J connectivity index is 2.05. The summed E-state index contributed by atoms with van der Waals surface area (Å²) in [6.45, 7) is 1.91. The van der Waals surface area contributed by atoms with Crippen molar-refractivity contribution in [3.05, 3.63) is 30.3 Å². The molecule has 0 aliphatic carbocycles. The molecule has 86 valence electrons. The third-order valence-electron chi connectivity index (χ3n) is 2.65. The van der Waals surface area contributed by atoms with Crippen LogP contribution in [0, 0.1) is 0 Å². The highest BCUT2D eigenvalue weighted by atomic mass is 16.6. The van der Waals surface area contributed by atoms with Gasteiger partial charge in [0.25, 0.3) is 0 Å². The molecule has 0 N–H and O–H groups in total. The topological polar surface area (TPSA) is 38.8 Å². The molecule has 1 saturated heterocycles. The number of anilines is 1. The standard InChI is InChI=1S/C12H15NO3/c1-15-12(14)11-9-13(7-8-16-11)10-5-3-2-4-6-10/h2-6,11H,7-9H2,1H3. The molecule has 4 heteroatoms. The van der Waals surface area contributed by atoms with Crippen molar-refractivity contribution >= 4 is 11.7 Å². The number of benzene rings is 1. The second-order valence-electron chi connectivity index (χ2n) is 3.66. The summed E-state index contributed by atoms with van der Waals surface area (Å²) < 4.78 is 10.0. The Labute approximate surface area is 94.8 Å². The lowest BCUT2D eigenvalue weighted by Gasteiger charge is -2.33. The summed E-state index contributed by atoms with van der Waals surface area (Å²) in [4.78, 5) is 13.5. The van der Waals surface area contributed by atoms with Gasteiger partial charge in [-0.3, -0.25) is 0 Å². The summed E-state index contributed by atoms with van der Waals surface area (Å²) in [7, 11) is 1.38. The first-order valence-electron chi connectivity index (χ1n) is 5.30. The van der Waals surface area contributed by atoms with Crippen molar-refractivity contribution in [3.63, 3.8) is 0 Å². The van der Waals surface area contributed by atoms with Gasteiger partial charge >= 0.3 is 5.97 Å². The Bertz CT molecular complexity index is 353. The number of carbonyl (C=O) groups is 1. The fourth-order valence-electron chi connectivity index (χ4n) is 1.80. The van der Waals surface area contributed by atoms with Gasteiger partial charge in [-0.1, -0.05) is 18.2 Å². The highest BCUT2D eigenvalue weighted by Crippen LogP contribution is 2.17. The maximum Gasteiger partial charge on any atom is 0.336 e. The molecule has 0 amide bonds. The SMILES string of the molecule is COC(=O)C1CN(c2ccccc2)CCO1. The van der Waals surface area contributed by atoms with Crippen molar-refractivity contribution in [3.8, 4) is 0 Å². The lowest BCUT2D eigenvalue weighted by molar-refractivity contribution is -0.154. The molecule has 1 aliphatic rings. The molecule has 1 aromatic rings. The van der Waals surface area contributed by atoms with Crippen molar-refractivity contribution in [2.45, 2.75) is 6.10 Å². The Kier molecular flexibility index (Phi) is 3.41. The number of methoxy groups -OCH3 is 1. The summed E-state index contributed by atoms with van der Waals surface area (Å²) in [6.07, 6.45) is -0.473.